The third-order valence-electron chi connectivity index (χ3n) is 2.95. The molecule has 102 valence electrons. The highest BCUT2D eigenvalue weighted by atomic mass is 16.4. The quantitative estimate of drug-likeness (QED) is 0.692. The number of hydrogen-bond donors (Lipinski definition) is 1. The maximum Gasteiger partial charge on any atom is 0.354 e. The first-order valence-corrected chi connectivity index (χ1v) is 6.29. The second kappa shape index (κ2) is 5.10. The molecule has 0 saturated heterocycles. The predicted molar refractivity (Wildman–Crippen MR) is 77.1 cm³/mol. The van der Waals surface area contributed by atoms with E-state index >= 15 is 0 Å². The summed E-state index contributed by atoms with van der Waals surface area (Å²) in [7, 11) is 0. The number of pyridine rings is 2. The zero-order valence-electron chi connectivity index (χ0n) is 11.2. The molecule has 1 N–H and O–H groups in total. The van der Waals surface area contributed by atoms with E-state index in [4.69, 9.17) is 5.11 Å². The second-order valence-electron chi connectivity index (χ2n) is 4.51. The smallest absolute Gasteiger partial charge is 0.354 e. The number of fused-ring (bicyclic) bond motifs is 1. The number of aromatic carboxylic acids is 1. The summed E-state index contributed by atoms with van der Waals surface area (Å²) in [5, 5.41) is 9.09. The van der Waals surface area contributed by atoms with Gasteiger partial charge in [-0.1, -0.05) is 12.0 Å². The number of hydrogen-bond acceptors (Lipinski definition) is 3. The van der Waals surface area contributed by atoms with Gasteiger partial charge in [-0.15, -0.1) is 0 Å². The Balaban J connectivity index is 2.02. The van der Waals surface area contributed by atoms with Gasteiger partial charge in [0, 0.05) is 17.5 Å². The minimum absolute atomic E-state index is 0.113. The lowest BCUT2D eigenvalue weighted by molar-refractivity contribution is 0.0689. The first kappa shape index (κ1) is 12.9. The Labute approximate surface area is 120 Å². The maximum absolute atomic E-state index is 11.1. The molecule has 0 aromatic carbocycles. The van der Waals surface area contributed by atoms with Gasteiger partial charge in [-0.25, -0.2) is 14.8 Å². The van der Waals surface area contributed by atoms with Crippen LogP contribution in [0.5, 0.6) is 0 Å². The molecule has 0 atom stereocenters. The Bertz CT molecular complexity index is 901. The van der Waals surface area contributed by atoms with Crippen molar-refractivity contribution in [3.8, 4) is 11.8 Å². The lowest BCUT2D eigenvalue weighted by Gasteiger charge is -1.97. The zero-order chi connectivity index (χ0) is 14.8. The van der Waals surface area contributed by atoms with Crippen molar-refractivity contribution in [2.75, 3.05) is 0 Å². The van der Waals surface area contributed by atoms with Gasteiger partial charge in [0.15, 0.2) is 5.69 Å². The van der Waals surface area contributed by atoms with Gasteiger partial charge in [0.2, 0.25) is 0 Å². The van der Waals surface area contributed by atoms with E-state index in [0.717, 1.165) is 5.69 Å². The van der Waals surface area contributed by atoms with Gasteiger partial charge in [-0.3, -0.25) is 4.40 Å². The molecular formula is C16H11N3O2. The second-order valence-corrected chi connectivity index (χ2v) is 4.51. The van der Waals surface area contributed by atoms with Crippen LogP contribution in [0.2, 0.25) is 0 Å². The molecule has 0 fully saturated rings. The SMILES string of the molecule is Cc1cccc(C#Cc2ccc3ncc(C(=O)O)n3c2)n1. The fourth-order valence-electron chi connectivity index (χ4n) is 1.96. The van der Waals surface area contributed by atoms with E-state index in [2.05, 4.69) is 21.8 Å². The standard InChI is InChI=1S/C16H11N3O2/c1-11-3-2-4-13(18-11)7-5-12-6-8-15-17-9-14(16(20)21)19(15)10-12/h2-4,6,8-10H,1H3,(H,20,21). The first-order chi connectivity index (χ1) is 10.1. The Morgan fingerprint density at radius 2 is 2.10 bits per heavy atom. The fourth-order valence-corrected chi connectivity index (χ4v) is 1.96. The Morgan fingerprint density at radius 1 is 1.24 bits per heavy atom. The van der Waals surface area contributed by atoms with Gasteiger partial charge in [-0.2, -0.15) is 0 Å². The summed E-state index contributed by atoms with van der Waals surface area (Å²) in [5.74, 6) is 4.93. The zero-order valence-corrected chi connectivity index (χ0v) is 11.2. The number of aromatic nitrogens is 3. The van der Waals surface area contributed by atoms with Crippen LogP contribution in [0, 0.1) is 18.8 Å². The topological polar surface area (TPSA) is 67.5 Å². The number of carboxylic acid groups (broad SMARTS) is 1. The van der Waals surface area contributed by atoms with E-state index in [9.17, 15) is 4.79 Å². The normalized spacial score (nSPS) is 10.1. The van der Waals surface area contributed by atoms with Crippen molar-refractivity contribution < 1.29 is 9.90 Å². The summed E-state index contributed by atoms with van der Waals surface area (Å²) in [6.45, 7) is 1.90. The maximum atomic E-state index is 11.1. The first-order valence-electron chi connectivity index (χ1n) is 6.29. The van der Waals surface area contributed by atoms with Gasteiger partial charge in [0.25, 0.3) is 0 Å². The summed E-state index contributed by atoms with van der Waals surface area (Å²) in [6.07, 6.45) is 2.99. The molecule has 5 nitrogen and oxygen atoms in total. The largest absolute Gasteiger partial charge is 0.477 e. The molecule has 0 radical (unpaired) electrons. The monoisotopic (exact) mass is 277 g/mol. The number of aryl methyl sites for hydroxylation is 1. The summed E-state index contributed by atoms with van der Waals surface area (Å²) >= 11 is 0. The van der Waals surface area contributed by atoms with Crippen LogP contribution in [0.1, 0.15) is 27.4 Å². The molecule has 0 aliphatic carbocycles. The van der Waals surface area contributed by atoms with E-state index < -0.39 is 5.97 Å². The number of nitrogens with zero attached hydrogens (tertiary/aromatic N) is 3. The third kappa shape index (κ3) is 2.60. The summed E-state index contributed by atoms with van der Waals surface area (Å²) in [4.78, 5) is 19.4. The molecule has 0 saturated carbocycles. The van der Waals surface area contributed by atoms with Crippen LogP contribution in [0.4, 0.5) is 0 Å². The fraction of sp³-hybridized carbons (Fsp3) is 0.0625. The molecule has 3 aromatic rings. The predicted octanol–water partition coefficient (Wildman–Crippen LogP) is 2.14. The van der Waals surface area contributed by atoms with Crippen molar-refractivity contribution in [2.24, 2.45) is 0 Å². The average molecular weight is 277 g/mol. The van der Waals surface area contributed by atoms with Crippen molar-refractivity contribution >= 4 is 11.6 Å². The Kier molecular flexibility index (Phi) is 3.13. The minimum Gasteiger partial charge on any atom is -0.477 e. The van der Waals surface area contributed by atoms with Crippen LogP contribution in [-0.4, -0.2) is 25.4 Å². The van der Waals surface area contributed by atoms with E-state index in [1.807, 2.05) is 25.1 Å². The number of imidazole rings is 1. The molecule has 0 bridgehead atoms. The van der Waals surface area contributed by atoms with Crippen LogP contribution in [0.3, 0.4) is 0 Å². The molecule has 0 unspecified atom stereocenters. The van der Waals surface area contributed by atoms with Crippen LogP contribution >= 0.6 is 0 Å². The van der Waals surface area contributed by atoms with Crippen molar-refractivity contribution in [3.05, 3.63) is 65.4 Å². The van der Waals surface area contributed by atoms with Crippen molar-refractivity contribution in [1.29, 1.82) is 0 Å². The lowest BCUT2D eigenvalue weighted by Crippen LogP contribution is -2.01. The molecule has 0 spiro atoms. The highest BCUT2D eigenvalue weighted by Gasteiger charge is 2.09. The van der Waals surface area contributed by atoms with Crippen LogP contribution < -0.4 is 0 Å². The van der Waals surface area contributed by atoms with E-state index in [1.54, 1.807) is 18.3 Å². The van der Waals surface area contributed by atoms with Crippen LogP contribution in [0.15, 0.2) is 42.7 Å². The number of carbonyl (C=O) groups is 1. The molecule has 0 amide bonds. The molecule has 21 heavy (non-hydrogen) atoms. The third-order valence-corrected chi connectivity index (χ3v) is 2.95. The summed E-state index contributed by atoms with van der Waals surface area (Å²) < 4.78 is 1.51. The lowest BCUT2D eigenvalue weighted by atomic mass is 10.2. The van der Waals surface area contributed by atoms with Crippen molar-refractivity contribution in [1.82, 2.24) is 14.4 Å². The highest BCUT2D eigenvalue weighted by Crippen LogP contribution is 2.09. The summed E-state index contributed by atoms with van der Waals surface area (Å²) in [5.41, 5.74) is 2.97. The molecule has 3 aromatic heterocycles. The molecule has 5 heteroatoms. The average Bonchev–Trinajstić information content (AvgIpc) is 2.88. The summed E-state index contributed by atoms with van der Waals surface area (Å²) in [6, 6.07) is 9.17. The Morgan fingerprint density at radius 3 is 2.86 bits per heavy atom. The van der Waals surface area contributed by atoms with E-state index in [-0.39, 0.29) is 5.69 Å². The van der Waals surface area contributed by atoms with Crippen molar-refractivity contribution in [3.63, 3.8) is 0 Å². The van der Waals surface area contributed by atoms with E-state index in [0.29, 0.717) is 16.9 Å². The van der Waals surface area contributed by atoms with Crippen LogP contribution in [-0.2, 0) is 0 Å². The number of rotatable bonds is 1. The van der Waals surface area contributed by atoms with Gasteiger partial charge in [0.1, 0.15) is 11.3 Å². The highest BCUT2D eigenvalue weighted by molar-refractivity contribution is 5.86. The molecule has 0 aliphatic heterocycles. The van der Waals surface area contributed by atoms with Gasteiger partial charge < -0.3 is 5.11 Å². The minimum atomic E-state index is -1.02. The van der Waals surface area contributed by atoms with Gasteiger partial charge in [-0.05, 0) is 37.1 Å². The van der Waals surface area contributed by atoms with E-state index in [1.165, 1.54) is 10.6 Å². The van der Waals surface area contributed by atoms with Crippen LogP contribution in [0.25, 0.3) is 5.65 Å². The molecule has 0 aliphatic rings. The molecule has 3 rings (SSSR count). The molecule has 3 heterocycles. The van der Waals surface area contributed by atoms with Gasteiger partial charge in [0.05, 0.1) is 6.20 Å². The van der Waals surface area contributed by atoms with Gasteiger partial charge >= 0.3 is 5.97 Å². The number of carboxylic acids is 1. The van der Waals surface area contributed by atoms with Crippen molar-refractivity contribution in [2.45, 2.75) is 6.92 Å². The Hall–Kier alpha value is -3.13. The molecular weight excluding hydrogens is 266 g/mol.